The summed E-state index contributed by atoms with van der Waals surface area (Å²) >= 11 is 0. The minimum absolute atomic E-state index is 0.0524. The van der Waals surface area contributed by atoms with Crippen LogP contribution < -0.4 is 11.1 Å². The van der Waals surface area contributed by atoms with Crippen LogP contribution in [0.4, 0.5) is 0 Å². The van der Waals surface area contributed by atoms with Crippen LogP contribution in [0.15, 0.2) is 0 Å². The molecule has 102 valence electrons. The first-order valence-electron chi connectivity index (χ1n) is 5.35. The van der Waals surface area contributed by atoms with Gasteiger partial charge in [0.05, 0.1) is 0 Å². The molecule has 5 N–H and O–H groups in total. The third-order valence-corrected chi connectivity index (χ3v) is 2.12. The minimum atomic E-state index is -1.10. The van der Waals surface area contributed by atoms with Crippen LogP contribution in [0.25, 0.3) is 0 Å². The molecule has 0 saturated carbocycles. The highest BCUT2D eigenvalue weighted by Crippen LogP contribution is 2.00. The van der Waals surface area contributed by atoms with E-state index in [1.54, 1.807) is 0 Å². The van der Waals surface area contributed by atoms with Crippen LogP contribution in [-0.4, -0.2) is 40.0 Å². The SMILES string of the molecule is NC(=O)C(CCC(=O)O)NC(=O)CCCC(=O)O. The van der Waals surface area contributed by atoms with Crippen molar-refractivity contribution in [2.24, 2.45) is 5.73 Å². The number of rotatable bonds is 9. The van der Waals surface area contributed by atoms with E-state index in [-0.39, 0.29) is 32.1 Å². The number of carboxylic acids is 2. The molecule has 0 aromatic rings. The fraction of sp³-hybridized carbons (Fsp3) is 0.600. The van der Waals surface area contributed by atoms with Gasteiger partial charge in [-0.15, -0.1) is 0 Å². The summed E-state index contributed by atoms with van der Waals surface area (Å²) in [6.07, 6.45) is -0.434. The van der Waals surface area contributed by atoms with E-state index in [1.165, 1.54) is 0 Å². The summed E-state index contributed by atoms with van der Waals surface area (Å²) in [7, 11) is 0. The maximum Gasteiger partial charge on any atom is 0.303 e. The monoisotopic (exact) mass is 260 g/mol. The molecule has 0 rings (SSSR count). The Hall–Kier alpha value is -2.12. The van der Waals surface area contributed by atoms with Gasteiger partial charge in [0.15, 0.2) is 0 Å². The number of hydrogen-bond acceptors (Lipinski definition) is 4. The first kappa shape index (κ1) is 15.9. The average molecular weight is 260 g/mol. The number of nitrogens with two attached hydrogens (primary N) is 1. The fourth-order valence-corrected chi connectivity index (χ4v) is 1.22. The van der Waals surface area contributed by atoms with Gasteiger partial charge in [0, 0.05) is 19.3 Å². The lowest BCUT2D eigenvalue weighted by Gasteiger charge is -2.14. The Kier molecular flexibility index (Phi) is 7.10. The van der Waals surface area contributed by atoms with Gasteiger partial charge < -0.3 is 21.3 Å². The predicted molar refractivity (Wildman–Crippen MR) is 59.5 cm³/mol. The summed E-state index contributed by atoms with van der Waals surface area (Å²) < 4.78 is 0. The molecule has 0 bridgehead atoms. The van der Waals surface area contributed by atoms with Gasteiger partial charge in [-0.1, -0.05) is 0 Å². The fourth-order valence-electron chi connectivity index (χ4n) is 1.22. The minimum Gasteiger partial charge on any atom is -0.481 e. The van der Waals surface area contributed by atoms with E-state index in [0.717, 1.165) is 0 Å². The number of carboxylic acid groups (broad SMARTS) is 2. The molecule has 0 aliphatic carbocycles. The lowest BCUT2D eigenvalue weighted by Crippen LogP contribution is -2.44. The number of nitrogens with one attached hydrogen (secondary N) is 1. The zero-order valence-electron chi connectivity index (χ0n) is 9.72. The summed E-state index contributed by atoms with van der Waals surface area (Å²) in [6, 6.07) is -1.04. The largest absolute Gasteiger partial charge is 0.481 e. The van der Waals surface area contributed by atoms with Gasteiger partial charge in [-0.05, 0) is 12.8 Å². The molecule has 0 spiro atoms. The number of amides is 2. The van der Waals surface area contributed by atoms with Crippen LogP contribution in [-0.2, 0) is 19.2 Å². The molecule has 0 heterocycles. The van der Waals surface area contributed by atoms with E-state index in [2.05, 4.69) is 5.32 Å². The smallest absolute Gasteiger partial charge is 0.303 e. The second kappa shape index (κ2) is 8.04. The second-order valence-electron chi connectivity index (χ2n) is 3.70. The molecule has 8 nitrogen and oxygen atoms in total. The van der Waals surface area contributed by atoms with Crippen molar-refractivity contribution in [3.8, 4) is 0 Å². The van der Waals surface area contributed by atoms with Gasteiger partial charge in [0.2, 0.25) is 11.8 Å². The van der Waals surface area contributed by atoms with Gasteiger partial charge in [-0.3, -0.25) is 19.2 Å². The van der Waals surface area contributed by atoms with Crippen molar-refractivity contribution in [3.05, 3.63) is 0 Å². The van der Waals surface area contributed by atoms with E-state index in [9.17, 15) is 19.2 Å². The summed E-state index contributed by atoms with van der Waals surface area (Å²) in [5.41, 5.74) is 5.01. The molecule has 0 aromatic heterocycles. The topological polar surface area (TPSA) is 147 Å². The highest BCUT2D eigenvalue weighted by atomic mass is 16.4. The Morgan fingerprint density at radius 2 is 1.56 bits per heavy atom. The number of carbonyl (C=O) groups is 4. The first-order chi connectivity index (χ1) is 8.32. The van der Waals surface area contributed by atoms with Gasteiger partial charge in [0.25, 0.3) is 0 Å². The second-order valence-corrected chi connectivity index (χ2v) is 3.70. The molecular weight excluding hydrogens is 244 g/mol. The van der Waals surface area contributed by atoms with E-state index >= 15 is 0 Å². The number of hydrogen-bond donors (Lipinski definition) is 4. The van der Waals surface area contributed by atoms with E-state index < -0.39 is 29.8 Å². The molecule has 0 aromatic carbocycles. The summed E-state index contributed by atoms with van der Waals surface area (Å²) in [5, 5.41) is 19.1. The molecule has 0 radical (unpaired) electrons. The van der Waals surface area contributed by atoms with Crippen molar-refractivity contribution in [1.82, 2.24) is 5.32 Å². The third kappa shape index (κ3) is 8.08. The van der Waals surface area contributed by atoms with Crippen molar-refractivity contribution in [2.45, 2.75) is 38.1 Å². The zero-order valence-corrected chi connectivity index (χ0v) is 9.72. The van der Waals surface area contributed by atoms with E-state index in [4.69, 9.17) is 15.9 Å². The zero-order chi connectivity index (χ0) is 14.1. The molecule has 0 aliphatic heterocycles. The molecule has 0 fully saturated rings. The number of primary amides is 1. The van der Waals surface area contributed by atoms with Crippen molar-refractivity contribution < 1.29 is 29.4 Å². The van der Waals surface area contributed by atoms with Crippen molar-refractivity contribution >= 4 is 23.8 Å². The Morgan fingerprint density at radius 1 is 1.00 bits per heavy atom. The third-order valence-electron chi connectivity index (χ3n) is 2.12. The Morgan fingerprint density at radius 3 is 2.00 bits per heavy atom. The highest BCUT2D eigenvalue weighted by Gasteiger charge is 2.18. The van der Waals surface area contributed by atoms with Crippen molar-refractivity contribution in [3.63, 3.8) is 0 Å². The summed E-state index contributed by atoms with van der Waals surface area (Å²) in [5.74, 6) is -3.45. The van der Waals surface area contributed by atoms with Gasteiger partial charge in [0.1, 0.15) is 6.04 Å². The van der Waals surface area contributed by atoms with Crippen LogP contribution in [0.1, 0.15) is 32.1 Å². The van der Waals surface area contributed by atoms with Crippen LogP contribution in [0, 0.1) is 0 Å². The van der Waals surface area contributed by atoms with Crippen LogP contribution >= 0.6 is 0 Å². The lowest BCUT2D eigenvalue weighted by molar-refractivity contribution is -0.139. The normalized spacial score (nSPS) is 11.6. The van der Waals surface area contributed by atoms with Gasteiger partial charge >= 0.3 is 11.9 Å². The molecule has 1 unspecified atom stereocenters. The van der Waals surface area contributed by atoms with Gasteiger partial charge in [-0.2, -0.15) is 0 Å². The predicted octanol–water partition coefficient (Wildman–Crippen LogP) is -0.924. The number of aliphatic carboxylic acids is 2. The van der Waals surface area contributed by atoms with Crippen LogP contribution in [0.2, 0.25) is 0 Å². The maximum absolute atomic E-state index is 11.3. The molecule has 0 saturated heterocycles. The molecular formula is C10H16N2O6. The quantitative estimate of drug-likeness (QED) is 0.421. The number of carbonyl (C=O) groups excluding carboxylic acids is 2. The van der Waals surface area contributed by atoms with Crippen molar-refractivity contribution in [2.75, 3.05) is 0 Å². The van der Waals surface area contributed by atoms with Crippen LogP contribution in [0.3, 0.4) is 0 Å². The Labute approximate surface area is 103 Å². The maximum atomic E-state index is 11.3. The highest BCUT2D eigenvalue weighted by molar-refractivity contribution is 5.87. The summed E-state index contributed by atoms with van der Waals surface area (Å²) in [4.78, 5) is 42.8. The Balaban J connectivity index is 4.07. The molecule has 2 amide bonds. The molecule has 0 aliphatic rings. The van der Waals surface area contributed by atoms with E-state index in [1.807, 2.05) is 0 Å². The van der Waals surface area contributed by atoms with E-state index in [0.29, 0.717) is 0 Å². The van der Waals surface area contributed by atoms with Gasteiger partial charge in [-0.25, -0.2) is 0 Å². The Bertz CT molecular complexity index is 341. The molecule has 18 heavy (non-hydrogen) atoms. The standard InChI is InChI=1S/C10H16N2O6/c11-10(18)6(4-5-9(16)17)12-7(13)2-1-3-8(14)15/h6H,1-5H2,(H2,11,18)(H,12,13)(H,14,15)(H,16,17). The first-order valence-corrected chi connectivity index (χ1v) is 5.35. The summed E-state index contributed by atoms with van der Waals surface area (Å²) in [6.45, 7) is 0. The lowest BCUT2D eigenvalue weighted by atomic mass is 10.1. The van der Waals surface area contributed by atoms with Crippen molar-refractivity contribution in [1.29, 1.82) is 0 Å². The average Bonchev–Trinajstić information content (AvgIpc) is 2.22. The van der Waals surface area contributed by atoms with Crippen LogP contribution in [0.5, 0.6) is 0 Å². The molecule has 8 heteroatoms. The molecule has 1 atom stereocenters.